The van der Waals surface area contributed by atoms with Crippen LogP contribution in [0.1, 0.15) is 125 Å². The lowest BCUT2D eigenvalue weighted by molar-refractivity contribution is 1.50. The molecule has 0 aliphatic carbocycles. The summed E-state index contributed by atoms with van der Waals surface area (Å²) in [4.78, 5) is 0. The quantitative estimate of drug-likeness (QED) is 0.210. The monoisotopic (exact) mass is 581 g/mol. The molecule has 0 aliphatic heterocycles. The zero-order valence-corrected chi connectivity index (χ0v) is 31.7. The average Bonchev–Trinajstić information content (AvgIpc) is 3.18. The highest BCUT2D eigenvalue weighted by Gasteiger charge is 1.91. The van der Waals surface area contributed by atoms with Crippen LogP contribution < -0.4 is 0 Å². The summed E-state index contributed by atoms with van der Waals surface area (Å²) in [5, 5.41) is 0. The SMILES string of the molecule is CC.CC.CC.CC.CC.CC.CC.CC.CC.c1ccc(-c2ccccc2)cc1.c1ccccc1.c1ccccc1. The van der Waals surface area contributed by atoms with Gasteiger partial charge in [0.25, 0.3) is 0 Å². The first-order chi connectivity index (χ1) is 21.0. The lowest BCUT2D eigenvalue weighted by Crippen LogP contribution is -1.73. The Morgan fingerprint density at radius 3 is 0.381 bits per heavy atom. The summed E-state index contributed by atoms with van der Waals surface area (Å²) in [6.07, 6.45) is 0. The maximum Gasteiger partial charge on any atom is -0.0184 e. The number of benzene rings is 4. The Morgan fingerprint density at radius 2 is 0.262 bits per heavy atom. The molecule has 0 aliphatic rings. The summed E-state index contributed by atoms with van der Waals surface area (Å²) in [5.74, 6) is 0. The van der Waals surface area contributed by atoms with Crippen LogP contribution in [0.15, 0.2) is 133 Å². The van der Waals surface area contributed by atoms with Crippen LogP contribution in [-0.2, 0) is 0 Å². The molecule has 0 saturated heterocycles. The van der Waals surface area contributed by atoms with E-state index in [0.29, 0.717) is 0 Å². The van der Waals surface area contributed by atoms with E-state index >= 15 is 0 Å². The molecule has 0 fully saturated rings. The largest absolute Gasteiger partial charge is 0.0683 e. The van der Waals surface area contributed by atoms with E-state index in [-0.39, 0.29) is 0 Å². The van der Waals surface area contributed by atoms with E-state index in [1.165, 1.54) is 11.1 Å². The highest BCUT2D eigenvalue weighted by Crippen LogP contribution is 2.17. The number of hydrogen-bond donors (Lipinski definition) is 0. The normalized spacial score (nSPS) is 6.33. The van der Waals surface area contributed by atoms with Crippen LogP contribution in [0.2, 0.25) is 0 Å². The molecule has 4 aromatic rings. The van der Waals surface area contributed by atoms with Gasteiger partial charge in [-0.25, -0.2) is 0 Å². The molecule has 42 heavy (non-hydrogen) atoms. The van der Waals surface area contributed by atoms with Crippen molar-refractivity contribution in [2.75, 3.05) is 0 Å². The van der Waals surface area contributed by atoms with Crippen molar-refractivity contribution in [1.82, 2.24) is 0 Å². The molecule has 0 unspecified atom stereocenters. The lowest BCUT2D eigenvalue weighted by atomic mass is 10.1. The van der Waals surface area contributed by atoms with Crippen LogP contribution in [0.3, 0.4) is 0 Å². The van der Waals surface area contributed by atoms with Gasteiger partial charge in [0.15, 0.2) is 0 Å². The van der Waals surface area contributed by atoms with Crippen molar-refractivity contribution in [2.45, 2.75) is 125 Å². The van der Waals surface area contributed by atoms with Gasteiger partial charge in [-0.1, -0.05) is 258 Å². The standard InChI is InChI=1S/C12H10.2C6H6.9C2H6/c1-3-7-11(8-4-1)12-9-5-2-6-10-12;2*1-2-4-6-5-3-1;9*1-2/h1-10H;2*1-6H;9*1-2H3. The molecule has 0 atom stereocenters. The van der Waals surface area contributed by atoms with Crippen molar-refractivity contribution in [1.29, 1.82) is 0 Å². The molecule has 0 saturated carbocycles. The van der Waals surface area contributed by atoms with E-state index in [9.17, 15) is 0 Å². The first-order valence-corrected chi connectivity index (χ1v) is 17.1. The van der Waals surface area contributed by atoms with Gasteiger partial charge in [0, 0.05) is 0 Å². The third kappa shape index (κ3) is 56.9. The zero-order valence-electron chi connectivity index (χ0n) is 31.7. The molecular formula is C42H76. The summed E-state index contributed by atoms with van der Waals surface area (Å²) in [7, 11) is 0. The maximum atomic E-state index is 2.12. The molecule has 0 bridgehead atoms. The summed E-state index contributed by atoms with van der Waals surface area (Å²) in [6.45, 7) is 36.0. The first kappa shape index (κ1) is 58.5. The fourth-order valence-electron chi connectivity index (χ4n) is 2.03. The van der Waals surface area contributed by atoms with Gasteiger partial charge in [0.1, 0.15) is 0 Å². The Balaban J connectivity index is -0.0000000562. The summed E-state index contributed by atoms with van der Waals surface area (Å²) in [5.41, 5.74) is 2.55. The predicted molar refractivity (Wildman–Crippen MR) is 207 cm³/mol. The molecule has 4 rings (SSSR count). The lowest BCUT2D eigenvalue weighted by Gasteiger charge is -1.98. The molecule has 0 N–H and O–H groups in total. The number of hydrogen-bond acceptors (Lipinski definition) is 0. The number of rotatable bonds is 1. The molecule has 4 aromatic carbocycles. The van der Waals surface area contributed by atoms with Gasteiger partial charge in [-0.2, -0.15) is 0 Å². The molecule has 0 heteroatoms. The molecule has 0 radical (unpaired) electrons. The fourth-order valence-corrected chi connectivity index (χ4v) is 2.03. The Labute approximate surface area is 268 Å². The Bertz CT molecular complexity index is 610. The minimum absolute atomic E-state index is 1.28. The van der Waals surface area contributed by atoms with Crippen LogP contribution in [0.5, 0.6) is 0 Å². The van der Waals surface area contributed by atoms with Crippen molar-refractivity contribution < 1.29 is 0 Å². The molecule has 244 valence electrons. The summed E-state index contributed by atoms with van der Waals surface area (Å²) < 4.78 is 0. The maximum absolute atomic E-state index is 2.12. The van der Waals surface area contributed by atoms with Crippen LogP contribution in [0.4, 0.5) is 0 Å². The van der Waals surface area contributed by atoms with E-state index < -0.39 is 0 Å². The smallest absolute Gasteiger partial charge is 0.0184 e. The molecule has 0 aromatic heterocycles. The van der Waals surface area contributed by atoms with Crippen molar-refractivity contribution in [3.8, 4) is 11.1 Å². The van der Waals surface area contributed by atoms with Gasteiger partial charge in [-0.05, 0) is 11.1 Å². The van der Waals surface area contributed by atoms with Crippen LogP contribution in [0.25, 0.3) is 11.1 Å². The van der Waals surface area contributed by atoms with Crippen molar-refractivity contribution in [2.24, 2.45) is 0 Å². The van der Waals surface area contributed by atoms with Crippen LogP contribution in [-0.4, -0.2) is 0 Å². The zero-order chi connectivity index (χ0) is 34.7. The summed E-state index contributed by atoms with van der Waals surface area (Å²) >= 11 is 0. The molecule has 0 amide bonds. The van der Waals surface area contributed by atoms with Crippen molar-refractivity contribution in [3.63, 3.8) is 0 Å². The van der Waals surface area contributed by atoms with Gasteiger partial charge in [-0.15, -0.1) is 0 Å². The Hall–Kier alpha value is -3.12. The topological polar surface area (TPSA) is 0 Å². The van der Waals surface area contributed by atoms with Crippen LogP contribution in [0, 0.1) is 0 Å². The molecular weight excluding hydrogens is 504 g/mol. The highest BCUT2D eigenvalue weighted by atomic mass is 14.0. The van der Waals surface area contributed by atoms with E-state index in [1.54, 1.807) is 0 Å². The second-order valence-corrected chi connectivity index (χ2v) is 5.04. The highest BCUT2D eigenvalue weighted by molar-refractivity contribution is 5.62. The Morgan fingerprint density at radius 1 is 0.167 bits per heavy atom. The van der Waals surface area contributed by atoms with Crippen molar-refractivity contribution >= 4 is 0 Å². The first-order valence-electron chi connectivity index (χ1n) is 17.1. The van der Waals surface area contributed by atoms with Gasteiger partial charge in [0.05, 0.1) is 0 Å². The van der Waals surface area contributed by atoms with E-state index in [0.717, 1.165) is 0 Å². The average molecular weight is 581 g/mol. The minimum atomic E-state index is 1.28. The van der Waals surface area contributed by atoms with Crippen molar-refractivity contribution in [3.05, 3.63) is 133 Å². The summed E-state index contributed by atoms with van der Waals surface area (Å²) in [6, 6.07) is 44.8. The van der Waals surface area contributed by atoms with E-state index in [1.807, 2.05) is 210 Å². The fraction of sp³-hybridized carbons (Fsp3) is 0.429. The molecule has 0 nitrogen and oxygen atoms in total. The van der Waals surface area contributed by atoms with Gasteiger partial charge >= 0.3 is 0 Å². The van der Waals surface area contributed by atoms with Crippen LogP contribution >= 0.6 is 0 Å². The minimum Gasteiger partial charge on any atom is -0.0683 e. The van der Waals surface area contributed by atoms with Gasteiger partial charge in [0.2, 0.25) is 0 Å². The van der Waals surface area contributed by atoms with E-state index in [4.69, 9.17) is 0 Å². The third-order valence-corrected chi connectivity index (χ3v) is 3.21. The molecule has 0 spiro atoms. The van der Waals surface area contributed by atoms with E-state index in [2.05, 4.69) is 48.5 Å². The molecule has 0 heterocycles. The third-order valence-electron chi connectivity index (χ3n) is 3.21. The predicted octanol–water partition coefficient (Wildman–Crippen LogP) is 16.0. The second kappa shape index (κ2) is 83.2. The Kier molecular flexibility index (Phi) is 116. The van der Waals surface area contributed by atoms with Gasteiger partial charge < -0.3 is 0 Å². The van der Waals surface area contributed by atoms with Gasteiger partial charge in [-0.3, -0.25) is 0 Å². The second-order valence-electron chi connectivity index (χ2n) is 5.04.